The number of benzene rings is 2. The van der Waals surface area contributed by atoms with E-state index in [-0.39, 0.29) is 16.7 Å². The third-order valence-corrected chi connectivity index (χ3v) is 3.65. The Labute approximate surface area is 135 Å². The molecule has 0 radical (unpaired) electrons. The van der Waals surface area contributed by atoms with Crippen LogP contribution in [0.25, 0.3) is 0 Å². The van der Waals surface area contributed by atoms with Crippen LogP contribution in [-0.4, -0.2) is 10.8 Å². The minimum atomic E-state index is -0.514. The number of anilines is 1. The van der Waals surface area contributed by atoms with Crippen LogP contribution in [0.3, 0.4) is 0 Å². The Hall–Kier alpha value is -2.69. The van der Waals surface area contributed by atoms with E-state index in [1.807, 2.05) is 39.0 Å². The van der Waals surface area contributed by atoms with E-state index < -0.39 is 10.8 Å². The number of aryl methyl sites for hydroxylation is 1. The van der Waals surface area contributed by atoms with Gasteiger partial charge in [-0.05, 0) is 30.0 Å². The quantitative estimate of drug-likeness (QED) is 0.672. The largest absolute Gasteiger partial charge is 0.321 e. The number of para-hydroxylation sites is 2. The molecule has 5 heteroatoms. The van der Waals surface area contributed by atoms with Crippen molar-refractivity contribution in [2.45, 2.75) is 33.1 Å². The smallest absolute Gasteiger partial charge is 0.285 e. The van der Waals surface area contributed by atoms with Gasteiger partial charge in [0.15, 0.2) is 0 Å². The lowest BCUT2D eigenvalue weighted by molar-refractivity contribution is -0.385. The Morgan fingerprint density at radius 2 is 1.74 bits per heavy atom. The fraction of sp³-hybridized carbons (Fsp3) is 0.278. The van der Waals surface area contributed by atoms with Gasteiger partial charge >= 0.3 is 0 Å². The van der Waals surface area contributed by atoms with Gasteiger partial charge in [-0.15, -0.1) is 0 Å². The highest BCUT2D eigenvalue weighted by atomic mass is 16.6. The van der Waals surface area contributed by atoms with E-state index in [2.05, 4.69) is 5.32 Å². The number of nitro groups is 1. The highest BCUT2D eigenvalue weighted by Crippen LogP contribution is 2.30. The van der Waals surface area contributed by atoms with E-state index in [4.69, 9.17) is 0 Å². The third kappa shape index (κ3) is 3.56. The van der Waals surface area contributed by atoms with Crippen molar-refractivity contribution in [1.29, 1.82) is 0 Å². The Morgan fingerprint density at radius 3 is 2.35 bits per heavy atom. The number of carbonyl (C=O) groups excluding carboxylic acids is 1. The lowest BCUT2D eigenvalue weighted by Gasteiger charge is -2.23. The predicted molar refractivity (Wildman–Crippen MR) is 90.9 cm³/mol. The summed E-state index contributed by atoms with van der Waals surface area (Å²) in [6.45, 7) is 7.77. The fourth-order valence-corrected chi connectivity index (χ4v) is 2.52. The molecule has 2 aromatic carbocycles. The van der Waals surface area contributed by atoms with Crippen LogP contribution < -0.4 is 5.32 Å². The third-order valence-electron chi connectivity index (χ3n) is 3.65. The second-order valence-corrected chi connectivity index (χ2v) is 6.48. The summed E-state index contributed by atoms with van der Waals surface area (Å²) in [6, 6.07) is 12.2. The molecule has 0 bridgehead atoms. The van der Waals surface area contributed by atoms with E-state index in [0.29, 0.717) is 11.3 Å². The molecule has 1 N–H and O–H groups in total. The molecule has 0 saturated carbocycles. The normalized spacial score (nSPS) is 11.1. The summed E-state index contributed by atoms with van der Waals surface area (Å²) >= 11 is 0. The first kappa shape index (κ1) is 16.7. The Morgan fingerprint density at radius 1 is 1.09 bits per heavy atom. The minimum Gasteiger partial charge on any atom is -0.321 e. The first-order valence-electron chi connectivity index (χ1n) is 7.36. The number of nitrogens with zero attached hydrogens (tertiary/aromatic N) is 1. The molecule has 1 amide bonds. The zero-order chi connectivity index (χ0) is 17.2. The van der Waals surface area contributed by atoms with Crippen molar-refractivity contribution < 1.29 is 9.72 Å². The van der Waals surface area contributed by atoms with Gasteiger partial charge in [-0.2, -0.15) is 0 Å². The second kappa shape index (κ2) is 6.20. The van der Waals surface area contributed by atoms with Crippen molar-refractivity contribution in [3.8, 4) is 0 Å². The molecular weight excluding hydrogens is 292 g/mol. The second-order valence-electron chi connectivity index (χ2n) is 6.48. The van der Waals surface area contributed by atoms with Crippen LogP contribution in [0.5, 0.6) is 0 Å². The topological polar surface area (TPSA) is 72.2 Å². The van der Waals surface area contributed by atoms with E-state index in [0.717, 1.165) is 5.56 Å². The molecule has 0 spiro atoms. The molecule has 0 aliphatic heterocycles. The first-order chi connectivity index (χ1) is 10.7. The summed E-state index contributed by atoms with van der Waals surface area (Å²) in [5, 5.41) is 14.1. The van der Waals surface area contributed by atoms with Crippen molar-refractivity contribution >= 4 is 17.3 Å². The van der Waals surface area contributed by atoms with Gasteiger partial charge in [-0.1, -0.05) is 51.1 Å². The van der Waals surface area contributed by atoms with Crippen molar-refractivity contribution in [2.75, 3.05) is 5.32 Å². The molecule has 0 aromatic heterocycles. The molecule has 120 valence electrons. The first-order valence-corrected chi connectivity index (χ1v) is 7.36. The molecule has 23 heavy (non-hydrogen) atoms. The van der Waals surface area contributed by atoms with E-state index in [1.54, 1.807) is 25.1 Å². The van der Waals surface area contributed by atoms with Gasteiger partial charge in [0.1, 0.15) is 5.56 Å². The summed E-state index contributed by atoms with van der Waals surface area (Å²) in [5.41, 5.74) is 1.87. The fourth-order valence-electron chi connectivity index (χ4n) is 2.52. The van der Waals surface area contributed by atoms with Crippen molar-refractivity contribution in [3.63, 3.8) is 0 Å². The number of nitrogens with one attached hydrogen (secondary N) is 1. The van der Waals surface area contributed by atoms with Gasteiger partial charge < -0.3 is 5.32 Å². The van der Waals surface area contributed by atoms with Crippen LogP contribution in [0.2, 0.25) is 0 Å². The molecular formula is C18H20N2O3. The summed E-state index contributed by atoms with van der Waals surface area (Å²) in [5.74, 6) is -0.475. The molecule has 0 unspecified atom stereocenters. The summed E-state index contributed by atoms with van der Waals surface area (Å²) in [4.78, 5) is 23.3. The standard InChI is InChI=1S/C18H20N2O3/c1-12-8-7-9-13(16(12)20(22)23)17(21)19-15-11-6-5-10-14(15)18(2,3)4/h5-11H,1-4H3,(H,19,21). The lowest BCUT2D eigenvalue weighted by atomic mass is 9.86. The van der Waals surface area contributed by atoms with Crippen LogP contribution >= 0.6 is 0 Å². The number of amides is 1. The molecule has 5 nitrogen and oxygen atoms in total. The summed E-state index contributed by atoms with van der Waals surface area (Å²) < 4.78 is 0. The Kier molecular flexibility index (Phi) is 4.50. The maximum Gasteiger partial charge on any atom is 0.285 e. The molecule has 0 heterocycles. The van der Waals surface area contributed by atoms with Crippen LogP contribution in [0.4, 0.5) is 11.4 Å². The number of hydrogen-bond acceptors (Lipinski definition) is 3. The average Bonchev–Trinajstić information content (AvgIpc) is 2.46. The molecule has 0 saturated heterocycles. The van der Waals surface area contributed by atoms with E-state index in [1.165, 1.54) is 6.07 Å². The Balaban J connectivity index is 2.43. The van der Waals surface area contributed by atoms with Crippen molar-refractivity contribution in [1.82, 2.24) is 0 Å². The number of hydrogen-bond donors (Lipinski definition) is 1. The zero-order valence-corrected chi connectivity index (χ0v) is 13.7. The van der Waals surface area contributed by atoms with Crippen LogP contribution in [0, 0.1) is 17.0 Å². The molecule has 0 aliphatic carbocycles. The van der Waals surface area contributed by atoms with Crippen molar-refractivity contribution in [2.24, 2.45) is 0 Å². The minimum absolute atomic E-state index is 0.0683. The van der Waals surface area contributed by atoms with Gasteiger partial charge in [0.2, 0.25) is 0 Å². The molecule has 2 rings (SSSR count). The monoisotopic (exact) mass is 312 g/mol. The number of carbonyl (C=O) groups is 1. The highest BCUT2D eigenvalue weighted by Gasteiger charge is 2.24. The summed E-state index contributed by atoms with van der Waals surface area (Å²) in [6.07, 6.45) is 0. The average molecular weight is 312 g/mol. The molecule has 0 atom stereocenters. The number of rotatable bonds is 3. The maximum absolute atomic E-state index is 12.6. The SMILES string of the molecule is Cc1cccc(C(=O)Nc2ccccc2C(C)(C)C)c1[N+](=O)[O-]. The predicted octanol–water partition coefficient (Wildman–Crippen LogP) is 4.45. The van der Waals surface area contributed by atoms with Gasteiger partial charge in [-0.3, -0.25) is 14.9 Å². The zero-order valence-electron chi connectivity index (χ0n) is 13.7. The molecule has 0 fully saturated rings. The Bertz CT molecular complexity index is 761. The molecule has 2 aromatic rings. The van der Waals surface area contributed by atoms with Gasteiger partial charge in [0, 0.05) is 11.3 Å². The van der Waals surface area contributed by atoms with E-state index >= 15 is 0 Å². The van der Waals surface area contributed by atoms with Crippen LogP contribution in [-0.2, 0) is 5.41 Å². The van der Waals surface area contributed by atoms with Gasteiger partial charge in [-0.25, -0.2) is 0 Å². The van der Waals surface area contributed by atoms with Crippen molar-refractivity contribution in [3.05, 3.63) is 69.3 Å². The molecule has 0 aliphatic rings. The maximum atomic E-state index is 12.6. The van der Waals surface area contributed by atoms with Gasteiger partial charge in [0.05, 0.1) is 4.92 Å². The van der Waals surface area contributed by atoms with Gasteiger partial charge in [0.25, 0.3) is 11.6 Å². The van der Waals surface area contributed by atoms with Crippen LogP contribution in [0.15, 0.2) is 42.5 Å². The summed E-state index contributed by atoms with van der Waals surface area (Å²) in [7, 11) is 0. The lowest BCUT2D eigenvalue weighted by Crippen LogP contribution is -2.19. The number of nitro benzene ring substituents is 1. The van der Waals surface area contributed by atoms with E-state index in [9.17, 15) is 14.9 Å². The highest BCUT2D eigenvalue weighted by molar-refractivity contribution is 6.07. The van der Waals surface area contributed by atoms with Crippen LogP contribution in [0.1, 0.15) is 42.3 Å².